The van der Waals surface area contributed by atoms with Crippen LogP contribution in [0.25, 0.3) is 0 Å². The number of nitrogens with two attached hydrogens (primary N) is 1. The summed E-state index contributed by atoms with van der Waals surface area (Å²) >= 11 is 0. The average molecular weight is 232 g/mol. The summed E-state index contributed by atoms with van der Waals surface area (Å²) in [5.74, 6) is 0.398. The summed E-state index contributed by atoms with van der Waals surface area (Å²) in [7, 11) is 0. The van der Waals surface area contributed by atoms with Crippen LogP contribution < -0.4 is 11.1 Å². The number of hydrogen-bond donors (Lipinski definition) is 2. The molecule has 2 rings (SSSR count). The predicted molar refractivity (Wildman–Crippen MR) is 70.0 cm³/mol. The molecule has 3 nitrogen and oxygen atoms in total. The van der Waals surface area contributed by atoms with Gasteiger partial charge in [0, 0.05) is 5.69 Å². The van der Waals surface area contributed by atoms with Crippen molar-refractivity contribution in [2.24, 2.45) is 5.73 Å². The molecule has 0 saturated heterocycles. The van der Waals surface area contributed by atoms with Crippen molar-refractivity contribution in [1.82, 2.24) is 0 Å². The quantitative estimate of drug-likeness (QED) is 0.838. The zero-order valence-corrected chi connectivity index (χ0v) is 10.1. The molecule has 0 heterocycles. The van der Waals surface area contributed by atoms with Gasteiger partial charge in [0.2, 0.25) is 5.91 Å². The maximum Gasteiger partial charge on any atom is 0.236 e. The molecular weight excluding hydrogens is 212 g/mol. The minimum Gasteiger partial charge on any atom is -0.376 e. The van der Waals surface area contributed by atoms with E-state index in [1.54, 1.807) is 0 Å². The number of rotatable bonds is 4. The van der Waals surface area contributed by atoms with Crippen LogP contribution in [0.4, 0.5) is 5.69 Å². The van der Waals surface area contributed by atoms with E-state index in [1.165, 1.54) is 37.7 Å². The summed E-state index contributed by atoms with van der Waals surface area (Å²) < 4.78 is 0. The number of carbonyl (C=O) groups excluding carboxylic acids is 1. The molecule has 1 aromatic rings. The summed E-state index contributed by atoms with van der Waals surface area (Å²) in [6.07, 6.45) is 6.72. The Bertz CT molecular complexity index is 366. The summed E-state index contributed by atoms with van der Waals surface area (Å²) in [4.78, 5) is 10.6. The second-order valence-corrected chi connectivity index (χ2v) is 4.78. The van der Waals surface area contributed by atoms with Crippen molar-refractivity contribution in [2.75, 3.05) is 11.9 Å². The third kappa shape index (κ3) is 3.48. The number of nitrogens with one attached hydrogen (secondary N) is 1. The second kappa shape index (κ2) is 5.71. The van der Waals surface area contributed by atoms with Crippen molar-refractivity contribution >= 4 is 11.6 Å². The van der Waals surface area contributed by atoms with E-state index in [-0.39, 0.29) is 12.5 Å². The molecule has 0 unspecified atom stereocenters. The lowest BCUT2D eigenvalue weighted by Gasteiger charge is -2.22. The Morgan fingerprint density at radius 1 is 1.18 bits per heavy atom. The summed E-state index contributed by atoms with van der Waals surface area (Å²) in [5, 5.41) is 3.00. The normalized spacial score (nSPS) is 16.7. The topological polar surface area (TPSA) is 55.1 Å². The molecule has 1 aromatic carbocycles. The van der Waals surface area contributed by atoms with E-state index in [9.17, 15) is 4.79 Å². The molecule has 0 aliphatic heterocycles. The van der Waals surface area contributed by atoms with Gasteiger partial charge < -0.3 is 11.1 Å². The van der Waals surface area contributed by atoms with Gasteiger partial charge in [-0.3, -0.25) is 4.79 Å². The van der Waals surface area contributed by atoms with E-state index >= 15 is 0 Å². The molecule has 0 radical (unpaired) electrons. The first-order chi connectivity index (χ1) is 8.25. The van der Waals surface area contributed by atoms with E-state index in [0.29, 0.717) is 0 Å². The van der Waals surface area contributed by atoms with Crippen LogP contribution in [0.15, 0.2) is 24.3 Å². The highest BCUT2D eigenvalue weighted by Gasteiger charge is 2.14. The Labute approximate surface area is 102 Å². The first-order valence-corrected chi connectivity index (χ1v) is 6.38. The zero-order chi connectivity index (χ0) is 12.1. The molecule has 92 valence electrons. The molecule has 17 heavy (non-hydrogen) atoms. The first-order valence-electron chi connectivity index (χ1n) is 6.38. The zero-order valence-electron chi connectivity index (χ0n) is 10.1. The van der Waals surface area contributed by atoms with Crippen LogP contribution in [0.3, 0.4) is 0 Å². The molecule has 3 heteroatoms. The van der Waals surface area contributed by atoms with Gasteiger partial charge in [-0.05, 0) is 36.5 Å². The molecule has 1 amide bonds. The van der Waals surface area contributed by atoms with Gasteiger partial charge in [0.05, 0.1) is 6.54 Å². The van der Waals surface area contributed by atoms with E-state index < -0.39 is 0 Å². The smallest absolute Gasteiger partial charge is 0.236 e. The largest absolute Gasteiger partial charge is 0.376 e. The summed E-state index contributed by atoms with van der Waals surface area (Å²) in [6.45, 7) is 0.197. The van der Waals surface area contributed by atoms with Gasteiger partial charge in [-0.25, -0.2) is 0 Å². The standard InChI is InChI=1S/C14H20N2O/c15-14(17)10-16-13-8-6-12(7-9-13)11-4-2-1-3-5-11/h6-9,11,16H,1-5,10H2,(H2,15,17). The molecule has 0 aromatic heterocycles. The fraction of sp³-hybridized carbons (Fsp3) is 0.500. The first kappa shape index (κ1) is 12.0. The highest BCUT2D eigenvalue weighted by atomic mass is 16.1. The van der Waals surface area contributed by atoms with Crippen LogP contribution in [0, 0.1) is 0 Å². The lowest BCUT2D eigenvalue weighted by Crippen LogP contribution is -2.21. The van der Waals surface area contributed by atoms with Crippen molar-refractivity contribution in [1.29, 1.82) is 0 Å². The average Bonchev–Trinajstić information content (AvgIpc) is 2.38. The molecule has 1 aliphatic carbocycles. The Morgan fingerprint density at radius 2 is 1.82 bits per heavy atom. The minimum absolute atomic E-state index is 0.197. The monoisotopic (exact) mass is 232 g/mol. The Morgan fingerprint density at radius 3 is 2.41 bits per heavy atom. The van der Waals surface area contributed by atoms with Gasteiger partial charge in [-0.15, -0.1) is 0 Å². The van der Waals surface area contributed by atoms with Crippen LogP contribution in [0.1, 0.15) is 43.6 Å². The van der Waals surface area contributed by atoms with Crippen LogP contribution in [-0.2, 0) is 4.79 Å². The van der Waals surface area contributed by atoms with E-state index in [1.807, 2.05) is 12.1 Å². The predicted octanol–water partition coefficient (Wildman–Crippen LogP) is 2.63. The van der Waals surface area contributed by atoms with Gasteiger partial charge in [-0.2, -0.15) is 0 Å². The lowest BCUT2D eigenvalue weighted by molar-refractivity contribution is -0.116. The van der Waals surface area contributed by atoms with Crippen LogP contribution >= 0.6 is 0 Å². The number of anilines is 1. The number of amides is 1. The number of primary amides is 1. The highest BCUT2D eigenvalue weighted by molar-refractivity contribution is 5.78. The molecular formula is C14H20N2O. The Balaban J connectivity index is 1.94. The maximum atomic E-state index is 10.6. The van der Waals surface area contributed by atoms with Gasteiger partial charge in [0.15, 0.2) is 0 Å². The van der Waals surface area contributed by atoms with Crippen molar-refractivity contribution in [3.63, 3.8) is 0 Å². The highest BCUT2D eigenvalue weighted by Crippen LogP contribution is 2.32. The molecule has 1 fully saturated rings. The van der Waals surface area contributed by atoms with Gasteiger partial charge in [0.25, 0.3) is 0 Å². The van der Waals surface area contributed by atoms with Crippen molar-refractivity contribution in [2.45, 2.75) is 38.0 Å². The van der Waals surface area contributed by atoms with Crippen molar-refractivity contribution < 1.29 is 4.79 Å². The van der Waals surface area contributed by atoms with Gasteiger partial charge in [-0.1, -0.05) is 31.4 Å². The third-order valence-corrected chi connectivity index (χ3v) is 3.45. The van der Waals surface area contributed by atoms with E-state index in [0.717, 1.165) is 11.6 Å². The Kier molecular flexibility index (Phi) is 4.02. The summed E-state index contributed by atoms with van der Waals surface area (Å²) in [5.41, 5.74) is 7.47. The van der Waals surface area contributed by atoms with Crippen molar-refractivity contribution in [3.8, 4) is 0 Å². The third-order valence-electron chi connectivity index (χ3n) is 3.45. The number of carbonyl (C=O) groups is 1. The van der Waals surface area contributed by atoms with E-state index in [2.05, 4.69) is 17.4 Å². The number of benzene rings is 1. The lowest BCUT2D eigenvalue weighted by atomic mass is 9.84. The molecule has 3 N–H and O–H groups in total. The SMILES string of the molecule is NC(=O)CNc1ccc(C2CCCCC2)cc1. The van der Waals surface area contributed by atoms with Gasteiger partial charge in [0.1, 0.15) is 0 Å². The van der Waals surface area contributed by atoms with Crippen LogP contribution in [-0.4, -0.2) is 12.5 Å². The molecule has 1 saturated carbocycles. The van der Waals surface area contributed by atoms with Crippen molar-refractivity contribution in [3.05, 3.63) is 29.8 Å². The molecule has 0 spiro atoms. The fourth-order valence-electron chi connectivity index (χ4n) is 2.50. The molecule has 0 bridgehead atoms. The Hall–Kier alpha value is -1.51. The second-order valence-electron chi connectivity index (χ2n) is 4.78. The number of hydrogen-bond acceptors (Lipinski definition) is 2. The molecule has 1 aliphatic rings. The van der Waals surface area contributed by atoms with Crippen LogP contribution in [0.2, 0.25) is 0 Å². The maximum absolute atomic E-state index is 10.6. The fourth-order valence-corrected chi connectivity index (χ4v) is 2.50. The van der Waals surface area contributed by atoms with Gasteiger partial charge >= 0.3 is 0 Å². The molecule has 0 atom stereocenters. The van der Waals surface area contributed by atoms with Crippen LogP contribution in [0.5, 0.6) is 0 Å². The summed E-state index contributed by atoms with van der Waals surface area (Å²) in [6, 6.07) is 8.40. The van der Waals surface area contributed by atoms with E-state index in [4.69, 9.17) is 5.73 Å². The minimum atomic E-state index is -0.332.